The SMILES string of the molecule is COCCCN1C(=O)c2ccccc2C1Nc1cccc(C(=O)Nc2ccc(F)cc2)c1. The van der Waals surface area contributed by atoms with Crippen LogP contribution in [0, 0.1) is 5.82 Å². The Labute approximate surface area is 186 Å². The van der Waals surface area contributed by atoms with E-state index in [2.05, 4.69) is 10.6 Å². The van der Waals surface area contributed by atoms with Gasteiger partial charge in [0.2, 0.25) is 0 Å². The van der Waals surface area contributed by atoms with E-state index >= 15 is 0 Å². The van der Waals surface area contributed by atoms with E-state index < -0.39 is 0 Å². The number of benzene rings is 3. The molecule has 0 aliphatic carbocycles. The molecule has 0 fully saturated rings. The van der Waals surface area contributed by atoms with Gasteiger partial charge < -0.3 is 20.3 Å². The van der Waals surface area contributed by atoms with Gasteiger partial charge >= 0.3 is 0 Å². The number of carbonyl (C=O) groups excluding carboxylic acids is 2. The number of amides is 2. The smallest absolute Gasteiger partial charge is 0.256 e. The quantitative estimate of drug-likeness (QED) is 0.506. The topological polar surface area (TPSA) is 70.7 Å². The summed E-state index contributed by atoms with van der Waals surface area (Å²) >= 11 is 0. The molecule has 1 atom stereocenters. The first-order chi connectivity index (χ1) is 15.6. The van der Waals surface area contributed by atoms with Gasteiger partial charge in [-0.25, -0.2) is 4.39 Å². The van der Waals surface area contributed by atoms with Crippen LogP contribution in [-0.4, -0.2) is 37.0 Å². The fourth-order valence-electron chi connectivity index (χ4n) is 3.78. The first-order valence-corrected chi connectivity index (χ1v) is 10.4. The van der Waals surface area contributed by atoms with Crippen LogP contribution in [0.3, 0.4) is 0 Å². The second-order valence-corrected chi connectivity index (χ2v) is 7.52. The summed E-state index contributed by atoms with van der Waals surface area (Å²) in [4.78, 5) is 27.4. The Morgan fingerprint density at radius 3 is 2.59 bits per heavy atom. The van der Waals surface area contributed by atoms with Crippen LogP contribution in [-0.2, 0) is 4.74 Å². The van der Waals surface area contributed by atoms with Gasteiger partial charge in [-0.3, -0.25) is 9.59 Å². The second kappa shape index (κ2) is 9.62. The van der Waals surface area contributed by atoms with Crippen LogP contribution in [0.4, 0.5) is 15.8 Å². The molecule has 0 aromatic heterocycles. The molecule has 2 N–H and O–H groups in total. The number of fused-ring (bicyclic) bond motifs is 1. The molecule has 164 valence electrons. The molecule has 4 rings (SSSR count). The van der Waals surface area contributed by atoms with E-state index in [1.165, 1.54) is 24.3 Å². The predicted octanol–water partition coefficient (Wildman–Crippen LogP) is 4.68. The number of methoxy groups -OCH3 is 1. The highest BCUT2D eigenvalue weighted by atomic mass is 19.1. The maximum absolute atomic E-state index is 13.1. The molecular formula is C25H24FN3O3. The number of halogens is 1. The van der Waals surface area contributed by atoms with Crippen LogP contribution in [0.15, 0.2) is 72.8 Å². The number of hydrogen-bond donors (Lipinski definition) is 2. The maximum atomic E-state index is 13.1. The molecule has 1 heterocycles. The molecule has 0 bridgehead atoms. The zero-order valence-electron chi connectivity index (χ0n) is 17.7. The third-order valence-electron chi connectivity index (χ3n) is 5.34. The minimum Gasteiger partial charge on any atom is -0.385 e. The summed E-state index contributed by atoms with van der Waals surface area (Å²) in [6, 6.07) is 20.2. The first-order valence-electron chi connectivity index (χ1n) is 10.4. The largest absolute Gasteiger partial charge is 0.385 e. The normalized spacial score (nSPS) is 14.9. The highest BCUT2D eigenvalue weighted by Gasteiger charge is 2.36. The van der Waals surface area contributed by atoms with Crippen molar-refractivity contribution in [1.29, 1.82) is 0 Å². The molecule has 32 heavy (non-hydrogen) atoms. The number of rotatable bonds is 8. The summed E-state index contributed by atoms with van der Waals surface area (Å²) in [6.07, 6.45) is 0.375. The Morgan fingerprint density at radius 2 is 1.81 bits per heavy atom. The Morgan fingerprint density at radius 1 is 1.03 bits per heavy atom. The summed E-state index contributed by atoms with van der Waals surface area (Å²) in [5, 5.41) is 6.17. The van der Waals surface area contributed by atoms with E-state index in [1.807, 2.05) is 30.3 Å². The Hall–Kier alpha value is -3.71. The van der Waals surface area contributed by atoms with Crippen LogP contribution >= 0.6 is 0 Å². The lowest BCUT2D eigenvalue weighted by atomic mass is 10.1. The van der Waals surface area contributed by atoms with Crippen LogP contribution < -0.4 is 10.6 Å². The minimum atomic E-state index is -0.365. The molecular weight excluding hydrogens is 409 g/mol. The first kappa shape index (κ1) is 21.5. The van der Waals surface area contributed by atoms with Crippen LogP contribution in [0.2, 0.25) is 0 Å². The molecule has 2 amide bonds. The molecule has 6 nitrogen and oxygen atoms in total. The van der Waals surface area contributed by atoms with E-state index in [0.717, 1.165) is 5.56 Å². The molecule has 0 saturated carbocycles. The fourth-order valence-corrected chi connectivity index (χ4v) is 3.78. The predicted molar refractivity (Wildman–Crippen MR) is 121 cm³/mol. The summed E-state index contributed by atoms with van der Waals surface area (Å²) in [6.45, 7) is 1.11. The molecule has 3 aromatic carbocycles. The summed E-state index contributed by atoms with van der Waals surface area (Å²) in [5.41, 5.74) is 3.24. The Balaban J connectivity index is 1.53. The third-order valence-corrected chi connectivity index (χ3v) is 5.34. The molecule has 1 aliphatic rings. The maximum Gasteiger partial charge on any atom is 0.256 e. The van der Waals surface area contributed by atoms with Crippen LogP contribution in [0.5, 0.6) is 0 Å². The van der Waals surface area contributed by atoms with Gasteiger partial charge in [-0.05, 0) is 55.0 Å². The van der Waals surface area contributed by atoms with Crippen molar-refractivity contribution in [3.8, 4) is 0 Å². The van der Waals surface area contributed by atoms with Gasteiger partial charge in [0.15, 0.2) is 0 Å². The standard InChI is InChI=1S/C25H24FN3O3/c1-32-15-5-14-29-23(21-8-2-3-9-22(21)25(29)31)27-20-7-4-6-17(16-20)24(30)28-19-12-10-18(26)11-13-19/h2-4,6-13,16,23,27H,5,14-15H2,1H3,(H,28,30). The molecule has 3 aromatic rings. The van der Waals surface area contributed by atoms with Gasteiger partial charge in [0.25, 0.3) is 11.8 Å². The summed E-state index contributed by atoms with van der Waals surface area (Å²) < 4.78 is 18.2. The number of carbonyl (C=O) groups is 2. The average molecular weight is 433 g/mol. The van der Waals surface area contributed by atoms with Crippen LogP contribution in [0.25, 0.3) is 0 Å². The number of ether oxygens (including phenoxy) is 1. The zero-order chi connectivity index (χ0) is 22.5. The van der Waals surface area contributed by atoms with Gasteiger partial charge in [0.05, 0.1) is 0 Å². The van der Waals surface area contributed by atoms with E-state index in [1.54, 1.807) is 30.2 Å². The van der Waals surface area contributed by atoms with Crippen molar-refractivity contribution in [3.05, 3.63) is 95.3 Å². The number of nitrogens with zero attached hydrogens (tertiary/aromatic N) is 1. The van der Waals surface area contributed by atoms with Gasteiger partial charge in [-0.1, -0.05) is 24.3 Å². The molecule has 0 spiro atoms. The third kappa shape index (κ3) is 4.63. The van der Waals surface area contributed by atoms with Crippen molar-refractivity contribution in [2.75, 3.05) is 30.9 Å². The minimum absolute atomic E-state index is 0.0283. The van der Waals surface area contributed by atoms with Gasteiger partial charge in [0, 0.05) is 48.3 Å². The van der Waals surface area contributed by atoms with Crippen molar-refractivity contribution in [2.24, 2.45) is 0 Å². The zero-order valence-corrected chi connectivity index (χ0v) is 17.7. The highest BCUT2D eigenvalue weighted by molar-refractivity contribution is 6.05. The lowest BCUT2D eigenvalue weighted by Gasteiger charge is -2.27. The van der Waals surface area contributed by atoms with E-state index in [4.69, 9.17) is 4.74 Å². The lowest BCUT2D eigenvalue weighted by Crippen LogP contribution is -2.33. The fraction of sp³-hybridized carbons (Fsp3) is 0.200. The van der Waals surface area contributed by atoms with Gasteiger partial charge in [0.1, 0.15) is 12.0 Å². The molecule has 0 saturated heterocycles. The second-order valence-electron chi connectivity index (χ2n) is 7.52. The lowest BCUT2D eigenvalue weighted by molar-refractivity contribution is 0.0721. The molecule has 7 heteroatoms. The van der Waals surface area contributed by atoms with Crippen molar-refractivity contribution < 1.29 is 18.7 Å². The highest BCUT2D eigenvalue weighted by Crippen LogP contribution is 2.34. The van der Waals surface area contributed by atoms with Gasteiger partial charge in [-0.2, -0.15) is 0 Å². The Kier molecular flexibility index (Phi) is 6.47. The van der Waals surface area contributed by atoms with Crippen molar-refractivity contribution in [3.63, 3.8) is 0 Å². The summed E-state index contributed by atoms with van der Waals surface area (Å²) in [5.74, 6) is -0.699. The summed E-state index contributed by atoms with van der Waals surface area (Å²) in [7, 11) is 1.64. The van der Waals surface area contributed by atoms with Crippen LogP contribution in [0.1, 0.15) is 38.9 Å². The molecule has 1 unspecified atom stereocenters. The molecule has 1 aliphatic heterocycles. The average Bonchev–Trinajstić information content (AvgIpc) is 3.07. The Bertz CT molecular complexity index is 1120. The van der Waals surface area contributed by atoms with E-state index in [-0.39, 0.29) is 23.8 Å². The number of anilines is 2. The number of nitrogens with one attached hydrogen (secondary N) is 2. The number of hydrogen-bond acceptors (Lipinski definition) is 4. The van der Waals surface area contributed by atoms with Crippen molar-refractivity contribution >= 4 is 23.2 Å². The van der Waals surface area contributed by atoms with Crippen molar-refractivity contribution in [1.82, 2.24) is 4.90 Å². The molecule has 0 radical (unpaired) electrons. The van der Waals surface area contributed by atoms with Gasteiger partial charge in [-0.15, -0.1) is 0 Å². The monoisotopic (exact) mass is 433 g/mol. The van der Waals surface area contributed by atoms with E-state index in [0.29, 0.717) is 42.1 Å². The van der Waals surface area contributed by atoms with E-state index in [9.17, 15) is 14.0 Å². The van der Waals surface area contributed by atoms with Crippen molar-refractivity contribution in [2.45, 2.75) is 12.6 Å².